The number of benzene rings is 4. The van der Waals surface area contributed by atoms with Crippen LogP contribution >= 0.6 is 0 Å². The molecule has 0 amide bonds. The topological polar surface area (TPSA) is 49.8 Å². The Morgan fingerprint density at radius 3 is 1.85 bits per heavy atom. The summed E-state index contributed by atoms with van der Waals surface area (Å²) in [5.74, 6) is -1.14. The molecule has 0 aromatic heterocycles. The van der Waals surface area contributed by atoms with Gasteiger partial charge in [-0.05, 0) is 80.5 Å². The van der Waals surface area contributed by atoms with Gasteiger partial charge in [-0.3, -0.25) is 9.69 Å². The van der Waals surface area contributed by atoms with Crippen molar-refractivity contribution >= 4 is 5.97 Å². The molecule has 4 rings (SSSR count). The Morgan fingerprint density at radius 2 is 1.27 bits per heavy atom. The van der Waals surface area contributed by atoms with Crippen molar-refractivity contribution in [3.8, 4) is 0 Å². The first kappa shape index (κ1) is 30.2. The van der Waals surface area contributed by atoms with E-state index in [1.807, 2.05) is 60.7 Å². The Labute approximate surface area is 245 Å². The smallest absolute Gasteiger partial charge is 0.312 e. The number of esters is 1. The van der Waals surface area contributed by atoms with Gasteiger partial charge in [0.1, 0.15) is 6.10 Å². The first-order valence-corrected chi connectivity index (χ1v) is 14.5. The zero-order valence-electron chi connectivity index (χ0n) is 25.2. The predicted molar refractivity (Wildman–Crippen MR) is 166 cm³/mol. The van der Waals surface area contributed by atoms with Crippen LogP contribution in [0.25, 0.3) is 0 Å². The quantitative estimate of drug-likeness (QED) is 0.193. The van der Waals surface area contributed by atoms with Gasteiger partial charge in [-0.2, -0.15) is 0 Å². The molecule has 0 saturated carbocycles. The summed E-state index contributed by atoms with van der Waals surface area (Å²) in [6, 6.07) is 32.0. The van der Waals surface area contributed by atoms with Crippen LogP contribution in [-0.4, -0.2) is 22.0 Å². The van der Waals surface area contributed by atoms with Crippen molar-refractivity contribution < 1.29 is 14.6 Å². The molecule has 0 aliphatic heterocycles. The van der Waals surface area contributed by atoms with Gasteiger partial charge < -0.3 is 9.84 Å². The molecule has 0 radical (unpaired) electrons. The van der Waals surface area contributed by atoms with Crippen molar-refractivity contribution in [2.75, 3.05) is 0 Å². The largest absolute Gasteiger partial charge is 0.456 e. The summed E-state index contributed by atoms with van der Waals surface area (Å²) >= 11 is 0. The third-order valence-electron chi connectivity index (χ3n) is 8.21. The van der Waals surface area contributed by atoms with Crippen LogP contribution in [0.4, 0.5) is 0 Å². The van der Waals surface area contributed by atoms with Crippen LogP contribution in [0.3, 0.4) is 0 Å². The molecule has 4 heteroatoms. The standard InChI is InChI=1S/C37H43NO3/c1-25-21-27(3)34(28(4)22-25)24-38(23-33-20-14-13-15-26(33)2)30(6)36(32-18-11-8-12-19-32)41-37(40)29(5)35(39)31-16-9-7-10-17-31/h7-22,29-30,35-36,39H,23-24H2,1-6H3/t29-,30+,35-,36+/m1/s1. The number of hydrogen-bond donors (Lipinski definition) is 1. The van der Waals surface area contributed by atoms with Crippen molar-refractivity contribution in [2.45, 2.75) is 72.9 Å². The lowest BCUT2D eigenvalue weighted by Gasteiger charge is -2.36. The third-order valence-corrected chi connectivity index (χ3v) is 8.21. The lowest BCUT2D eigenvalue weighted by molar-refractivity contribution is -0.161. The molecule has 0 spiro atoms. The molecule has 0 heterocycles. The summed E-state index contributed by atoms with van der Waals surface area (Å²) in [6.45, 7) is 13.9. The first-order chi connectivity index (χ1) is 19.7. The van der Waals surface area contributed by atoms with Crippen LogP contribution in [0, 0.1) is 33.6 Å². The van der Waals surface area contributed by atoms with E-state index in [-0.39, 0.29) is 6.04 Å². The molecule has 0 bridgehead atoms. The van der Waals surface area contributed by atoms with E-state index in [4.69, 9.17) is 4.74 Å². The molecule has 214 valence electrons. The van der Waals surface area contributed by atoms with Gasteiger partial charge in [0.15, 0.2) is 0 Å². The van der Waals surface area contributed by atoms with Crippen LogP contribution in [0.15, 0.2) is 97.1 Å². The van der Waals surface area contributed by atoms with E-state index in [2.05, 4.69) is 75.9 Å². The summed E-state index contributed by atoms with van der Waals surface area (Å²) in [6.07, 6.45) is -1.47. The second kappa shape index (κ2) is 13.8. The molecule has 4 nitrogen and oxygen atoms in total. The van der Waals surface area contributed by atoms with Crippen LogP contribution in [0.1, 0.15) is 70.6 Å². The molecule has 4 aromatic carbocycles. The number of nitrogens with zero attached hydrogens (tertiary/aromatic N) is 1. The average Bonchev–Trinajstić information content (AvgIpc) is 2.97. The van der Waals surface area contributed by atoms with Crippen molar-refractivity contribution in [3.63, 3.8) is 0 Å². The highest BCUT2D eigenvalue weighted by Gasteiger charge is 2.33. The minimum Gasteiger partial charge on any atom is -0.456 e. The summed E-state index contributed by atoms with van der Waals surface area (Å²) in [5, 5.41) is 11.0. The Balaban J connectivity index is 1.69. The number of rotatable bonds is 11. The molecule has 0 saturated heterocycles. The van der Waals surface area contributed by atoms with Gasteiger partial charge in [0, 0.05) is 19.1 Å². The van der Waals surface area contributed by atoms with Gasteiger partial charge in [-0.25, -0.2) is 0 Å². The van der Waals surface area contributed by atoms with Crippen LogP contribution in [0.5, 0.6) is 0 Å². The fourth-order valence-electron chi connectivity index (χ4n) is 5.59. The molecular weight excluding hydrogens is 506 g/mol. The number of hydrogen-bond acceptors (Lipinski definition) is 4. The molecule has 0 unspecified atom stereocenters. The van der Waals surface area contributed by atoms with Gasteiger partial charge in [-0.15, -0.1) is 0 Å². The highest BCUT2D eigenvalue weighted by Crippen LogP contribution is 2.32. The number of carbonyl (C=O) groups is 1. The van der Waals surface area contributed by atoms with E-state index in [0.717, 1.165) is 12.1 Å². The molecule has 41 heavy (non-hydrogen) atoms. The second-order valence-corrected chi connectivity index (χ2v) is 11.4. The van der Waals surface area contributed by atoms with Gasteiger partial charge in [0.2, 0.25) is 0 Å². The Morgan fingerprint density at radius 1 is 0.732 bits per heavy atom. The molecule has 4 atom stereocenters. The average molecular weight is 550 g/mol. The van der Waals surface area contributed by atoms with E-state index in [1.54, 1.807) is 6.92 Å². The monoisotopic (exact) mass is 549 g/mol. The van der Waals surface area contributed by atoms with Gasteiger partial charge in [0.25, 0.3) is 0 Å². The van der Waals surface area contributed by atoms with Gasteiger partial charge >= 0.3 is 5.97 Å². The van der Waals surface area contributed by atoms with Crippen molar-refractivity contribution in [1.29, 1.82) is 0 Å². The van der Waals surface area contributed by atoms with E-state index < -0.39 is 24.1 Å². The SMILES string of the molecule is Cc1cc(C)c(CN(Cc2ccccc2C)[C@@H](C)[C@H](OC(=O)[C@H](C)[C@@H](O)c2ccccc2)c2ccccc2)c(C)c1. The molecule has 0 fully saturated rings. The van der Waals surface area contributed by atoms with Crippen LogP contribution < -0.4 is 0 Å². The predicted octanol–water partition coefficient (Wildman–Crippen LogP) is 7.97. The fourth-order valence-corrected chi connectivity index (χ4v) is 5.59. The summed E-state index contributed by atoms with van der Waals surface area (Å²) < 4.78 is 6.33. The Hall–Kier alpha value is -3.73. The van der Waals surface area contributed by atoms with Gasteiger partial charge in [0.05, 0.1) is 12.0 Å². The summed E-state index contributed by atoms with van der Waals surface area (Å²) in [7, 11) is 0. The zero-order chi connectivity index (χ0) is 29.5. The maximum atomic E-state index is 13.6. The minimum atomic E-state index is -0.948. The number of aliphatic hydroxyl groups is 1. The van der Waals surface area contributed by atoms with E-state index in [9.17, 15) is 9.90 Å². The van der Waals surface area contributed by atoms with Crippen LogP contribution in [-0.2, 0) is 22.6 Å². The highest BCUT2D eigenvalue weighted by molar-refractivity contribution is 5.73. The van der Waals surface area contributed by atoms with E-state index in [1.165, 1.54) is 33.4 Å². The van der Waals surface area contributed by atoms with Crippen molar-refractivity contribution in [3.05, 3.63) is 142 Å². The Kier molecular flexibility index (Phi) is 10.1. The fraction of sp³-hybridized carbons (Fsp3) is 0.324. The summed E-state index contributed by atoms with van der Waals surface area (Å²) in [5.41, 5.74) is 9.18. The zero-order valence-corrected chi connectivity index (χ0v) is 25.2. The maximum Gasteiger partial charge on any atom is 0.312 e. The van der Waals surface area contributed by atoms with Crippen molar-refractivity contribution in [2.24, 2.45) is 5.92 Å². The minimum absolute atomic E-state index is 0.151. The molecule has 4 aromatic rings. The normalized spacial score (nSPS) is 14.3. The summed E-state index contributed by atoms with van der Waals surface area (Å²) in [4.78, 5) is 16.0. The van der Waals surface area contributed by atoms with Gasteiger partial charge in [-0.1, -0.05) is 103 Å². The third kappa shape index (κ3) is 7.52. The van der Waals surface area contributed by atoms with Crippen molar-refractivity contribution in [1.82, 2.24) is 4.90 Å². The molecule has 1 N–H and O–H groups in total. The molecular formula is C37H43NO3. The van der Waals surface area contributed by atoms with E-state index in [0.29, 0.717) is 12.1 Å². The number of aliphatic hydroxyl groups excluding tert-OH is 1. The number of carbonyl (C=O) groups excluding carboxylic acids is 1. The van der Waals surface area contributed by atoms with E-state index >= 15 is 0 Å². The lowest BCUT2D eigenvalue weighted by atomic mass is 9.95. The maximum absolute atomic E-state index is 13.6. The number of aryl methyl sites for hydroxylation is 4. The number of ether oxygens (including phenoxy) is 1. The highest BCUT2D eigenvalue weighted by atomic mass is 16.5. The molecule has 0 aliphatic rings. The Bertz CT molecular complexity index is 1410. The molecule has 0 aliphatic carbocycles. The first-order valence-electron chi connectivity index (χ1n) is 14.5. The lowest BCUT2D eigenvalue weighted by Crippen LogP contribution is -2.40. The van der Waals surface area contributed by atoms with Crippen LogP contribution in [0.2, 0.25) is 0 Å². The second-order valence-electron chi connectivity index (χ2n) is 11.4.